The lowest BCUT2D eigenvalue weighted by Crippen LogP contribution is -2.38. The topological polar surface area (TPSA) is 72.6 Å². The molecule has 0 radical (unpaired) electrons. The maximum atomic E-state index is 12.0. The van der Waals surface area contributed by atoms with E-state index in [0.717, 1.165) is 25.9 Å². The van der Waals surface area contributed by atoms with E-state index in [4.69, 9.17) is 22.1 Å². The van der Waals surface area contributed by atoms with Gasteiger partial charge in [-0.3, -0.25) is 4.79 Å². The molecule has 5 nitrogen and oxygen atoms in total. The molecule has 1 aliphatic rings. The summed E-state index contributed by atoms with van der Waals surface area (Å²) in [5.74, 6) is -0.780. The van der Waals surface area contributed by atoms with E-state index in [-0.39, 0.29) is 16.5 Å². The second-order valence-electron chi connectivity index (χ2n) is 4.82. The Kier molecular flexibility index (Phi) is 4.49. The fraction of sp³-hybridized carbons (Fsp3) is 0.429. The molecule has 0 saturated carbocycles. The molecule has 1 unspecified atom stereocenters. The van der Waals surface area contributed by atoms with E-state index < -0.39 is 12.1 Å². The smallest absolute Gasteiger partial charge is 0.340 e. The number of rotatable bonds is 3. The summed E-state index contributed by atoms with van der Waals surface area (Å²) in [7, 11) is 0. The lowest BCUT2D eigenvalue weighted by Gasteiger charge is -2.20. The van der Waals surface area contributed by atoms with Gasteiger partial charge in [0.25, 0.3) is 5.91 Å². The van der Waals surface area contributed by atoms with Crippen LogP contribution < -0.4 is 5.73 Å². The number of likely N-dealkylation sites (tertiary alicyclic amines) is 1. The van der Waals surface area contributed by atoms with Gasteiger partial charge in [-0.2, -0.15) is 0 Å². The number of ether oxygens (including phenoxy) is 1. The normalized spacial score (nSPS) is 16.0. The van der Waals surface area contributed by atoms with Gasteiger partial charge in [0.15, 0.2) is 6.10 Å². The van der Waals surface area contributed by atoms with E-state index in [1.165, 1.54) is 12.1 Å². The molecule has 20 heavy (non-hydrogen) atoms. The number of carbonyl (C=O) groups is 2. The minimum atomic E-state index is -0.811. The number of carbonyl (C=O) groups excluding carboxylic acids is 2. The van der Waals surface area contributed by atoms with Gasteiger partial charge in [0.05, 0.1) is 10.6 Å². The molecule has 1 saturated heterocycles. The number of anilines is 1. The van der Waals surface area contributed by atoms with Crippen LogP contribution in [-0.4, -0.2) is 36.0 Å². The second-order valence-corrected chi connectivity index (χ2v) is 5.23. The fourth-order valence-electron chi connectivity index (χ4n) is 2.17. The highest BCUT2D eigenvalue weighted by Gasteiger charge is 2.26. The van der Waals surface area contributed by atoms with E-state index in [1.54, 1.807) is 17.9 Å². The predicted molar refractivity (Wildman–Crippen MR) is 76.6 cm³/mol. The van der Waals surface area contributed by atoms with Crippen LogP contribution in [0.5, 0.6) is 0 Å². The highest BCUT2D eigenvalue weighted by Crippen LogP contribution is 2.21. The molecule has 1 heterocycles. The number of esters is 1. The molecule has 1 aromatic rings. The number of nitrogens with zero attached hydrogens (tertiary/aromatic N) is 1. The van der Waals surface area contributed by atoms with Crippen LogP contribution in [0.4, 0.5) is 5.69 Å². The minimum absolute atomic E-state index is 0.164. The van der Waals surface area contributed by atoms with E-state index >= 15 is 0 Å². The first kappa shape index (κ1) is 14.7. The molecule has 0 aromatic heterocycles. The van der Waals surface area contributed by atoms with Gasteiger partial charge in [0, 0.05) is 18.8 Å². The zero-order valence-electron chi connectivity index (χ0n) is 11.3. The van der Waals surface area contributed by atoms with Crippen molar-refractivity contribution in [2.45, 2.75) is 25.9 Å². The van der Waals surface area contributed by atoms with Crippen molar-refractivity contribution in [2.24, 2.45) is 0 Å². The number of amides is 1. The van der Waals surface area contributed by atoms with E-state index in [1.807, 2.05) is 0 Å². The minimum Gasteiger partial charge on any atom is -0.449 e. The zero-order valence-corrected chi connectivity index (χ0v) is 12.0. The van der Waals surface area contributed by atoms with Gasteiger partial charge < -0.3 is 15.4 Å². The maximum absolute atomic E-state index is 12.0. The number of nitrogens with two attached hydrogens (primary N) is 1. The third-order valence-electron chi connectivity index (χ3n) is 3.26. The van der Waals surface area contributed by atoms with Gasteiger partial charge in [0.2, 0.25) is 0 Å². The summed E-state index contributed by atoms with van der Waals surface area (Å²) in [6.45, 7) is 3.02. The molecule has 1 fully saturated rings. The molecule has 0 spiro atoms. The Morgan fingerprint density at radius 3 is 2.60 bits per heavy atom. The van der Waals surface area contributed by atoms with Crippen LogP contribution in [0.15, 0.2) is 18.2 Å². The summed E-state index contributed by atoms with van der Waals surface area (Å²) < 4.78 is 5.18. The van der Waals surface area contributed by atoms with Crippen molar-refractivity contribution in [3.05, 3.63) is 28.8 Å². The van der Waals surface area contributed by atoms with Crippen molar-refractivity contribution >= 4 is 29.2 Å². The van der Waals surface area contributed by atoms with E-state index in [2.05, 4.69) is 0 Å². The van der Waals surface area contributed by atoms with Crippen molar-refractivity contribution < 1.29 is 14.3 Å². The Labute approximate surface area is 122 Å². The van der Waals surface area contributed by atoms with Crippen LogP contribution in [0.1, 0.15) is 30.1 Å². The Balaban J connectivity index is 2.01. The highest BCUT2D eigenvalue weighted by atomic mass is 35.5. The highest BCUT2D eigenvalue weighted by molar-refractivity contribution is 6.33. The largest absolute Gasteiger partial charge is 0.449 e. The van der Waals surface area contributed by atoms with Gasteiger partial charge in [-0.1, -0.05) is 11.6 Å². The third-order valence-corrected chi connectivity index (χ3v) is 3.58. The van der Waals surface area contributed by atoms with Crippen LogP contribution >= 0.6 is 11.6 Å². The first-order chi connectivity index (χ1) is 9.49. The molecular formula is C14H17ClN2O3. The van der Waals surface area contributed by atoms with Gasteiger partial charge >= 0.3 is 5.97 Å². The lowest BCUT2D eigenvalue weighted by molar-refractivity contribution is -0.138. The molecule has 108 valence electrons. The summed E-state index contributed by atoms with van der Waals surface area (Å²) in [5, 5.41) is 0.218. The van der Waals surface area contributed by atoms with Crippen LogP contribution in [0.3, 0.4) is 0 Å². The average Bonchev–Trinajstić information content (AvgIpc) is 2.91. The summed E-state index contributed by atoms with van der Waals surface area (Å²) >= 11 is 5.94. The molecule has 2 rings (SSSR count). The van der Waals surface area contributed by atoms with Crippen LogP contribution in [0, 0.1) is 0 Å². The molecule has 1 amide bonds. The standard InChI is InChI=1S/C14H17ClN2O3/c1-9(13(18)17-6-2-3-7-17)20-14(19)11-5-4-10(16)8-12(11)15/h4-5,8-9H,2-3,6-7,16H2,1H3. The van der Waals surface area contributed by atoms with Crippen molar-refractivity contribution in [3.8, 4) is 0 Å². The molecule has 0 bridgehead atoms. The first-order valence-corrected chi connectivity index (χ1v) is 6.91. The molecular weight excluding hydrogens is 280 g/mol. The number of halogens is 1. The monoisotopic (exact) mass is 296 g/mol. The Bertz CT molecular complexity index is 527. The van der Waals surface area contributed by atoms with Crippen LogP contribution in [-0.2, 0) is 9.53 Å². The molecule has 6 heteroatoms. The van der Waals surface area contributed by atoms with Crippen molar-refractivity contribution in [3.63, 3.8) is 0 Å². The van der Waals surface area contributed by atoms with Gasteiger partial charge in [0.1, 0.15) is 0 Å². The second kappa shape index (κ2) is 6.13. The van der Waals surface area contributed by atoms with E-state index in [9.17, 15) is 9.59 Å². The lowest BCUT2D eigenvalue weighted by atomic mass is 10.2. The Morgan fingerprint density at radius 1 is 1.35 bits per heavy atom. The maximum Gasteiger partial charge on any atom is 0.340 e. The quantitative estimate of drug-likeness (QED) is 0.685. The third kappa shape index (κ3) is 3.22. The van der Waals surface area contributed by atoms with Crippen LogP contribution in [0.2, 0.25) is 5.02 Å². The molecule has 0 aliphatic carbocycles. The number of nitrogen functional groups attached to an aromatic ring is 1. The first-order valence-electron chi connectivity index (χ1n) is 6.54. The zero-order chi connectivity index (χ0) is 14.7. The SMILES string of the molecule is CC(OC(=O)c1ccc(N)cc1Cl)C(=O)N1CCCC1. The molecule has 1 atom stereocenters. The summed E-state index contributed by atoms with van der Waals surface area (Å²) in [6, 6.07) is 4.54. The Hall–Kier alpha value is -1.75. The summed E-state index contributed by atoms with van der Waals surface area (Å²) in [5.41, 5.74) is 6.24. The predicted octanol–water partition coefficient (Wildman–Crippen LogP) is 2.09. The van der Waals surface area contributed by atoms with Crippen molar-refractivity contribution in [1.82, 2.24) is 4.90 Å². The molecule has 1 aromatic carbocycles. The van der Waals surface area contributed by atoms with Crippen LogP contribution in [0.25, 0.3) is 0 Å². The van der Waals surface area contributed by atoms with Gasteiger partial charge in [-0.25, -0.2) is 4.79 Å². The fourth-order valence-corrected chi connectivity index (χ4v) is 2.43. The number of hydrogen-bond acceptors (Lipinski definition) is 4. The summed E-state index contributed by atoms with van der Waals surface area (Å²) in [6.07, 6.45) is 1.18. The molecule has 2 N–H and O–H groups in total. The van der Waals surface area contributed by atoms with Gasteiger partial charge in [-0.15, -0.1) is 0 Å². The van der Waals surface area contributed by atoms with Crippen molar-refractivity contribution in [2.75, 3.05) is 18.8 Å². The average molecular weight is 297 g/mol. The number of hydrogen-bond donors (Lipinski definition) is 1. The summed E-state index contributed by atoms with van der Waals surface area (Å²) in [4.78, 5) is 25.7. The molecule has 1 aliphatic heterocycles. The van der Waals surface area contributed by atoms with Gasteiger partial charge in [-0.05, 0) is 38.0 Å². The number of benzene rings is 1. The van der Waals surface area contributed by atoms with E-state index in [0.29, 0.717) is 5.69 Å². The van der Waals surface area contributed by atoms with Crippen molar-refractivity contribution in [1.29, 1.82) is 0 Å². The Morgan fingerprint density at radius 2 is 2.00 bits per heavy atom.